The van der Waals surface area contributed by atoms with Crippen LogP contribution in [0.1, 0.15) is 0 Å². The van der Waals surface area contributed by atoms with E-state index in [2.05, 4.69) is 15.5 Å². The molecule has 3 aromatic rings. The minimum Gasteiger partial charge on any atom is -0.496 e. The maximum atomic E-state index is 10.9. The first-order valence-corrected chi connectivity index (χ1v) is 6.25. The minimum atomic E-state index is -1.01. The molecule has 2 aromatic carbocycles. The Morgan fingerprint density at radius 2 is 2.10 bits per heavy atom. The van der Waals surface area contributed by atoms with Gasteiger partial charge in [-0.2, -0.15) is 0 Å². The predicted molar refractivity (Wildman–Crippen MR) is 74.9 cm³/mol. The molecule has 1 N–H and O–H groups in total. The molecule has 0 saturated heterocycles. The molecule has 0 aliphatic rings. The molecule has 0 atom stereocenters. The van der Waals surface area contributed by atoms with Gasteiger partial charge < -0.3 is 9.84 Å². The van der Waals surface area contributed by atoms with E-state index in [1.54, 1.807) is 7.11 Å². The Morgan fingerprint density at radius 1 is 1.29 bits per heavy atom. The van der Waals surface area contributed by atoms with Gasteiger partial charge in [0.05, 0.1) is 12.7 Å². The lowest BCUT2D eigenvalue weighted by Gasteiger charge is -2.11. The highest BCUT2D eigenvalue weighted by molar-refractivity contribution is 5.98. The van der Waals surface area contributed by atoms with Crippen molar-refractivity contribution in [3.05, 3.63) is 36.4 Å². The molecule has 0 aliphatic carbocycles. The van der Waals surface area contributed by atoms with Gasteiger partial charge in [0.1, 0.15) is 12.3 Å². The van der Waals surface area contributed by atoms with E-state index >= 15 is 0 Å². The van der Waals surface area contributed by atoms with Crippen LogP contribution in [0.25, 0.3) is 22.2 Å². The number of rotatable bonds is 4. The minimum absolute atomic E-state index is 0.311. The molecule has 0 amide bonds. The summed E-state index contributed by atoms with van der Waals surface area (Å²) in [5, 5.41) is 22.1. The highest BCUT2D eigenvalue weighted by Crippen LogP contribution is 2.35. The second-order valence-electron chi connectivity index (χ2n) is 4.42. The van der Waals surface area contributed by atoms with Crippen molar-refractivity contribution in [1.82, 2.24) is 20.2 Å². The summed E-state index contributed by atoms with van der Waals surface area (Å²) in [4.78, 5) is 10.9. The number of benzene rings is 2. The first kappa shape index (κ1) is 13.0. The highest BCUT2D eigenvalue weighted by atomic mass is 16.5. The smallest absolute Gasteiger partial charge is 0.325 e. The molecule has 106 valence electrons. The number of tetrazole rings is 1. The van der Waals surface area contributed by atoms with E-state index in [1.807, 2.05) is 36.4 Å². The fraction of sp³-hybridized carbons (Fsp3) is 0.143. The zero-order valence-corrected chi connectivity index (χ0v) is 11.2. The average Bonchev–Trinajstić information content (AvgIpc) is 2.93. The van der Waals surface area contributed by atoms with Crippen molar-refractivity contribution >= 4 is 16.7 Å². The Kier molecular flexibility index (Phi) is 3.23. The van der Waals surface area contributed by atoms with Crippen LogP contribution in [0.15, 0.2) is 36.4 Å². The number of aromatic nitrogens is 4. The summed E-state index contributed by atoms with van der Waals surface area (Å²) in [6.07, 6.45) is 0. The van der Waals surface area contributed by atoms with Gasteiger partial charge in [0, 0.05) is 0 Å². The fourth-order valence-corrected chi connectivity index (χ4v) is 2.27. The van der Waals surface area contributed by atoms with Gasteiger partial charge in [-0.15, -0.1) is 5.10 Å². The lowest BCUT2D eigenvalue weighted by molar-refractivity contribution is -0.137. The maximum absolute atomic E-state index is 10.9. The van der Waals surface area contributed by atoms with Gasteiger partial charge in [0.2, 0.25) is 0 Å². The Labute approximate surface area is 119 Å². The molecule has 21 heavy (non-hydrogen) atoms. The summed E-state index contributed by atoms with van der Waals surface area (Å²) in [5.41, 5.74) is 0.682. The molecular formula is C14H12N4O3. The summed E-state index contributed by atoms with van der Waals surface area (Å²) in [6, 6.07) is 11.5. The molecule has 0 aliphatic heterocycles. The topological polar surface area (TPSA) is 90.1 Å². The molecule has 3 rings (SSSR count). The lowest BCUT2D eigenvalue weighted by atomic mass is 10.0. The van der Waals surface area contributed by atoms with Gasteiger partial charge in [0.25, 0.3) is 0 Å². The van der Waals surface area contributed by atoms with Crippen molar-refractivity contribution in [2.45, 2.75) is 6.54 Å². The fourth-order valence-electron chi connectivity index (χ4n) is 2.27. The van der Waals surface area contributed by atoms with E-state index in [1.165, 1.54) is 4.68 Å². The number of ether oxygens (including phenoxy) is 1. The lowest BCUT2D eigenvalue weighted by Crippen LogP contribution is -2.12. The number of nitrogens with zero attached hydrogens (tertiary/aromatic N) is 4. The van der Waals surface area contributed by atoms with Crippen molar-refractivity contribution in [2.24, 2.45) is 0 Å². The number of hydrogen-bond acceptors (Lipinski definition) is 5. The van der Waals surface area contributed by atoms with Crippen LogP contribution < -0.4 is 4.74 Å². The third-order valence-corrected chi connectivity index (χ3v) is 3.15. The van der Waals surface area contributed by atoms with Crippen molar-refractivity contribution in [3.63, 3.8) is 0 Å². The molecule has 0 saturated carbocycles. The standard InChI is InChI=1S/C14H12N4O3/c1-21-11-7-6-9-4-2-3-5-10(9)13(11)14-15-16-17-18(14)8-12(19)20/h2-7H,8H2,1H3,(H,19,20). The van der Waals surface area contributed by atoms with Crippen LogP contribution in [0.2, 0.25) is 0 Å². The average molecular weight is 284 g/mol. The quantitative estimate of drug-likeness (QED) is 0.782. The third kappa shape index (κ3) is 2.29. The van der Waals surface area contributed by atoms with Gasteiger partial charge in [-0.25, -0.2) is 4.68 Å². The Balaban J connectivity index is 2.28. The summed E-state index contributed by atoms with van der Waals surface area (Å²) in [7, 11) is 1.55. The molecule has 0 unspecified atom stereocenters. The van der Waals surface area contributed by atoms with Gasteiger partial charge in [-0.1, -0.05) is 30.3 Å². The second-order valence-corrected chi connectivity index (χ2v) is 4.42. The largest absolute Gasteiger partial charge is 0.496 e. The number of carboxylic acid groups (broad SMARTS) is 1. The number of carbonyl (C=O) groups is 1. The van der Waals surface area contributed by atoms with Crippen LogP contribution in [-0.4, -0.2) is 38.4 Å². The molecule has 7 nitrogen and oxygen atoms in total. The number of carboxylic acids is 1. The normalized spacial score (nSPS) is 10.7. The Hall–Kier alpha value is -2.96. The summed E-state index contributed by atoms with van der Waals surface area (Å²) in [6.45, 7) is -0.311. The highest BCUT2D eigenvalue weighted by Gasteiger charge is 2.18. The first-order valence-electron chi connectivity index (χ1n) is 6.25. The van der Waals surface area contributed by atoms with E-state index in [9.17, 15) is 4.79 Å². The summed E-state index contributed by atoms with van der Waals surface area (Å²) in [5.74, 6) is -0.0519. The Bertz CT molecular complexity index is 813. The second kappa shape index (κ2) is 5.20. The third-order valence-electron chi connectivity index (χ3n) is 3.15. The van der Waals surface area contributed by atoms with Gasteiger partial charge >= 0.3 is 5.97 Å². The van der Waals surface area contributed by atoms with Crippen molar-refractivity contribution < 1.29 is 14.6 Å². The summed E-state index contributed by atoms with van der Waals surface area (Å²) >= 11 is 0. The van der Waals surface area contributed by atoms with Gasteiger partial charge in [-0.05, 0) is 27.3 Å². The molecule has 0 bridgehead atoms. The first-order chi connectivity index (χ1) is 10.2. The van der Waals surface area contributed by atoms with Crippen molar-refractivity contribution in [1.29, 1.82) is 0 Å². The van der Waals surface area contributed by atoms with Crippen LogP contribution in [0.4, 0.5) is 0 Å². The van der Waals surface area contributed by atoms with E-state index in [0.717, 1.165) is 10.8 Å². The number of hydrogen-bond donors (Lipinski definition) is 1. The molecule has 0 fully saturated rings. The van der Waals surface area contributed by atoms with Crippen molar-refractivity contribution in [3.8, 4) is 17.1 Å². The van der Waals surface area contributed by atoms with E-state index in [0.29, 0.717) is 17.1 Å². The van der Waals surface area contributed by atoms with Crippen molar-refractivity contribution in [2.75, 3.05) is 7.11 Å². The van der Waals surface area contributed by atoms with E-state index in [4.69, 9.17) is 9.84 Å². The zero-order valence-electron chi connectivity index (χ0n) is 11.2. The summed E-state index contributed by atoms with van der Waals surface area (Å²) < 4.78 is 6.62. The van der Waals surface area contributed by atoms with Crippen LogP contribution in [0, 0.1) is 0 Å². The SMILES string of the molecule is COc1ccc2ccccc2c1-c1nnnn1CC(=O)O. The molecule has 0 radical (unpaired) electrons. The zero-order chi connectivity index (χ0) is 14.8. The molecule has 1 aromatic heterocycles. The Morgan fingerprint density at radius 3 is 2.86 bits per heavy atom. The predicted octanol–water partition coefficient (Wildman–Crippen LogP) is 1.59. The number of methoxy groups -OCH3 is 1. The van der Waals surface area contributed by atoms with Gasteiger partial charge in [0.15, 0.2) is 5.82 Å². The van der Waals surface area contributed by atoms with Crippen LogP contribution >= 0.6 is 0 Å². The number of aliphatic carboxylic acids is 1. The van der Waals surface area contributed by atoms with Crippen LogP contribution in [0.3, 0.4) is 0 Å². The monoisotopic (exact) mass is 284 g/mol. The van der Waals surface area contributed by atoms with Crippen LogP contribution in [-0.2, 0) is 11.3 Å². The molecule has 7 heteroatoms. The van der Waals surface area contributed by atoms with Crippen LogP contribution in [0.5, 0.6) is 5.75 Å². The number of fused-ring (bicyclic) bond motifs is 1. The van der Waals surface area contributed by atoms with E-state index < -0.39 is 5.97 Å². The molecular weight excluding hydrogens is 272 g/mol. The van der Waals surface area contributed by atoms with E-state index in [-0.39, 0.29) is 6.54 Å². The molecule has 0 spiro atoms. The maximum Gasteiger partial charge on any atom is 0.325 e. The van der Waals surface area contributed by atoms with Gasteiger partial charge in [-0.3, -0.25) is 4.79 Å². The molecule has 1 heterocycles.